The number of carbonyl (C=O) groups is 2. The lowest BCUT2D eigenvalue weighted by Crippen LogP contribution is -3.11. The van der Waals surface area contributed by atoms with Crippen molar-refractivity contribution in [3.8, 4) is 0 Å². The van der Waals surface area contributed by atoms with E-state index in [0.717, 1.165) is 10.7 Å². The molecule has 2 aromatic rings. The molecule has 2 aromatic carbocycles. The average Bonchev–Trinajstić information content (AvgIpc) is 2.61. The molecule has 0 spiro atoms. The van der Waals surface area contributed by atoms with Crippen molar-refractivity contribution in [2.75, 3.05) is 37.8 Å². The maximum atomic E-state index is 12.0. The molecule has 2 rings (SSSR count). The van der Waals surface area contributed by atoms with Gasteiger partial charge in [-0.2, -0.15) is 0 Å². The van der Waals surface area contributed by atoms with Crippen LogP contribution in [0.4, 0.5) is 5.69 Å². The molecule has 0 saturated heterocycles. The minimum Gasteiger partial charge on any atom is -0.350 e. The fourth-order valence-corrected chi connectivity index (χ4v) is 3.20. The number of amides is 2. The van der Waals surface area contributed by atoms with Crippen molar-refractivity contribution < 1.29 is 14.5 Å². The molecule has 0 radical (unpaired) electrons. The molecule has 0 aromatic heterocycles. The summed E-state index contributed by atoms with van der Waals surface area (Å²) in [5.41, 5.74) is 0.689. The van der Waals surface area contributed by atoms with E-state index in [1.165, 1.54) is 4.90 Å². The van der Waals surface area contributed by atoms with Crippen LogP contribution >= 0.6 is 23.4 Å². The van der Waals surface area contributed by atoms with E-state index in [2.05, 4.69) is 10.6 Å². The summed E-state index contributed by atoms with van der Waals surface area (Å²) in [4.78, 5) is 26.0. The second-order valence-electron chi connectivity index (χ2n) is 5.88. The van der Waals surface area contributed by atoms with E-state index in [-0.39, 0.29) is 24.9 Å². The van der Waals surface area contributed by atoms with Gasteiger partial charge in [0.1, 0.15) is 0 Å². The Morgan fingerprint density at radius 1 is 1.00 bits per heavy atom. The predicted octanol–water partition coefficient (Wildman–Crippen LogP) is 1.70. The van der Waals surface area contributed by atoms with Gasteiger partial charge in [-0.15, -0.1) is 11.8 Å². The van der Waals surface area contributed by atoms with Gasteiger partial charge in [-0.3, -0.25) is 9.59 Å². The van der Waals surface area contributed by atoms with Crippen LogP contribution in [0.15, 0.2) is 59.5 Å². The van der Waals surface area contributed by atoms with E-state index >= 15 is 0 Å². The van der Waals surface area contributed by atoms with Crippen LogP contribution in [0.5, 0.6) is 0 Å². The first-order chi connectivity index (χ1) is 12.5. The number of nitrogens with one attached hydrogen (secondary N) is 3. The minimum absolute atomic E-state index is 0.0598. The Hall–Kier alpha value is -2.02. The zero-order chi connectivity index (χ0) is 18.8. The third kappa shape index (κ3) is 7.91. The highest BCUT2D eigenvalue weighted by Gasteiger charge is 2.14. The molecule has 0 aliphatic rings. The van der Waals surface area contributed by atoms with Gasteiger partial charge >= 0.3 is 0 Å². The summed E-state index contributed by atoms with van der Waals surface area (Å²) in [5.74, 6) is 0.610. The highest BCUT2D eigenvalue weighted by molar-refractivity contribution is 7.99. The summed E-state index contributed by atoms with van der Waals surface area (Å²) in [6.45, 7) is 1.07. The molecule has 0 heterocycles. The van der Waals surface area contributed by atoms with Crippen LogP contribution < -0.4 is 15.5 Å². The molecule has 1 unspecified atom stereocenters. The average molecular weight is 393 g/mol. The number of anilines is 1. The smallest absolute Gasteiger partial charge is 0.279 e. The van der Waals surface area contributed by atoms with Crippen molar-refractivity contribution in [2.45, 2.75) is 4.90 Å². The maximum absolute atomic E-state index is 12.0. The number of benzene rings is 2. The normalized spacial score (nSPS) is 11.6. The molecular weight excluding hydrogens is 370 g/mol. The third-order valence-electron chi connectivity index (χ3n) is 3.49. The summed E-state index contributed by atoms with van der Waals surface area (Å²) >= 11 is 7.51. The topological polar surface area (TPSA) is 62.6 Å². The van der Waals surface area contributed by atoms with Gasteiger partial charge in [0.25, 0.3) is 11.8 Å². The first kappa shape index (κ1) is 20.3. The van der Waals surface area contributed by atoms with Crippen LogP contribution in [0.1, 0.15) is 0 Å². The zero-order valence-corrected chi connectivity index (χ0v) is 16.2. The lowest BCUT2D eigenvalue weighted by molar-refractivity contribution is -0.862. The minimum atomic E-state index is -0.141. The number of rotatable bonds is 9. The van der Waals surface area contributed by atoms with Gasteiger partial charge in [-0.1, -0.05) is 29.8 Å². The first-order valence-electron chi connectivity index (χ1n) is 8.34. The van der Waals surface area contributed by atoms with Crippen molar-refractivity contribution in [2.24, 2.45) is 0 Å². The highest BCUT2D eigenvalue weighted by Crippen LogP contribution is 2.15. The van der Waals surface area contributed by atoms with Crippen LogP contribution in [0.3, 0.4) is 0 Å². The predicted molar refractivity (Wildman–Crippen MR) is 107 cm³/mol. The Morgan fingerprint density at radius 2 is 1.65 bits per heavy atom. The summed E-state index contributed by atoms with van der Waals surface area (Å²) in [7, 11) is 1.82. The van der Waals surface area contributed by atoms with E-state index in [1.54, 1.807) is 36.0 Å². The highest BCUT2D eigenvalue weighted by atomic mass is 35.5. The van der Waals surface area contributed by atoms with Gasteiger partial charge in [0.15, 0.2) is 13.1 Å². The lowest BCUT2D eigenvalue weighted by Gasteiger charge is -2.13. The Kier molecular flexibility index (Phi) is 8.47. The van der Waals surface area contributed by atoms with Crippen molar-refractivity contribution in [1.29, 1.82) is 0 Å². The third-order valence-corrected chi connectivity index (χ3v) is 4.75. The van der Waals surface area contributed by atoms with Crippen molar-refractivity contribution >= 4 is 40.9 Å². The molecule has 26 heavy (non-hydrogen) atoms. The number of quaternary nitrogens is 1. The van der Waals surface area contributed by atoms with E-state index < -0.39 is 0 Å². The van der Waals surface area contributed by atoms with Crippen LogP contribution in [0.25, 0.3) is 0 Å². The molecule has 5 nitrogen and oxygen atoms in total. The van der Waals surface area contributed by atoms with Crippen LogP contribution in [-0.2, 0) is 9.59 Å². The van der Waals surface area contributed by atoms with Crippen molar-refractivity contribution in [3.63, 3.8) is 0 Å². The van der Waals surface area contributed by atoms with Crippen LogP contribution in [-0.4, -0.2) is 44.2 Å². The van der Waals surface area contributed by atoms with E-state index in [4.69, 9.17) is 11.6 Å². The van der Waals surface area contributed by atoms with Gasteiger partial charge in [0.05, 0.1) is 7.05 Å². The fraction of sp³-hybridized carbons (Fsp3) is 0.263. The SMILES string of the molecule is C[NH+](CC(=O)NCCSc1ccccc1)CC(=O)Nc1ccc(Cl)cc1. The summed E-state index contributed by atoms with van der Waals surface area (Å²) in [6.07, 6.45) is 0. The molecule has 0 bridgehead atoms. The molecule has 2 amide bonds. The maximum Gasteiger partial charge on any atom is 0.279 e. The Morgan fingerprint density at radius 3 is 2.35 bits per heavy atom. The summed E-state index contributed by atoms with van der Waals surface area (Å²) in [5, 5.41) is 6.29. The van der Waals surface area contributed by atoms with Crippen LogP contribution in [0.2, 0.25) is 5.02 Å². The quantitative estimate of drug-likeness (QED) is 0.449. The number of hydrogen-bond acceptors (Lipinski definition) is 3. The molecular formula is C19H23ClN3O2S+. The zero-order valence-electron chi connectivity index (χ0n) is 14.6. The molecule has 0 aliphatic carbocycles. The van der Waals surface area contributed by atoms with Crippen molar-refractivity contribution in [3.05, 3.63) is 59.6 Å². The molecule has 7 heteroatoms. The van der Waals surface area contributed by atoms with Gasteiger partial charge in [0.2, 0.25) is 0 Å². The Labute approximate surface area is 163 Å². The van der Waals surface area contributed by atoms with Crippen LogP contribution in [0, 0.1) is 0 Å². The van der Waals surface area contributed by atoms with E-state index in [1.807, 2.05) is 37.4 Å². The van der Waals surface area contributed by atoms with Gasteiger partial charge in [-0.25, -0.2) is 0 Å². The number of halogens is 1. The van der Waals surface area contributed by atoms with E-state index in [0.29, 0.717) is 17.3 Å². The largest absolute Gasteiger partial charge is 0.350 e. The monoisotopic (exact) mass is 392 g/mol. The molecule has 1 atom stereocenters. The Bertz CT molecular complexity index is 710. The van der Waals surface area contributed by atoms with Crippen molar-refractivity contribution in [1.82, 2.24) is 5.32 Å². The lowest BCUT2D eigenvalue weighted by atomic mass is 10.3. The first-order valence-corrected chi connectivity index (χ1v) is 9.70. The number of likely N-dealkylation sites (N-methyl/N-ethyl adjacent to an activating group) is 1. The molecule has 0 fully saturated rings. The molecule has 138 valence electrons. The second-order valence-corrected chi connectivity index (χ2v) is 7.48. The fourth-order valence-electron chi connectivity index (χ4n) is 2.29. The summed E-state index contributed by atoms with van der Waals surface area (Å²) in [6, 6.07) is 17.0. The molecule has 3 N–H and O–H groups in total. The van der Waals surface area contributed by atoms with E-state index in [9.17, 15) is 9.59 Å². The van der Waals surface area contributed by atoms with Gasteiger partial charge < -0.3 is 15.5 Å². The number of carbonyl (C=O) groups excluding carboxylic acids is 2. The van der Waals surface area contributed by atoms with Gasteiger partial charge in [-0.05, 0) is 36.4 Å². The van der Waals surface area contributed by atoms with Gasteiger partial charge in [0, 0.05) is 27.9 Å². The second kappa shape index (κ2) is 10.9. The number of hydrogen-bond donors (Lipinski definition) is 3. The number of thioether (sulfide) groups is 1. The standard InChI is InChI=1S/C19H22ClN3O2S/c1-23(14-19(25)22-16-9-7-15(20)8-10-16)13-18(24)21-11-12-26-17-5-3-2-4-6-17/h2-10H,11-14H2,1H3,(H,21,24)(H,22,25)/p+1. The Balaban J connectivity index is 1.61. The summed E-state index contributed by atoms with van der Waals surface area (Å²) < 4.78 is 0. The molecule has 0 saturated carbocycles. The molecule has 0 aliphatic heterocycles.